The van der Waals surface area contributed by atoms with E-state index in [2.05, 4.69) is 23.1 Å². The smallest absolute Gasteiger partial charge is 0.197 e. The Balaban J connectivity index is 1.21. The van der Waals surface area contributed by atoms with Gasteiger partial charge in [-0.1, -0.05) is 48.5 Å². The molecule has 2 heterocycles. The summed E-state index contributed by atoms with van der Waals surface area (Å²) in [5.74, 6) is -0.344. The Morgan fingerprint density at radius 1 is 0.867 bits per heavy atom. The number of benzene rings is 2. The molecule has 0 saturated heterocycles. The van der Waals surface area contributed by atoms with Crippen molar-refractivity contribution in [3.63, 3.8) is 0 Å². The molecule has 2 aliphatic carbocycles. The lowest BCUT2D eigenvalue weighted by atomic mass is 10.1. The monoisotopic (exact) mass is 390 g/mol. The lowest BCUT2D eigenvalue weighted by molar-refractivity contribution is 0.0988. The van der Waals surface area contributed by atoms with Crippen LogP contribution in [0.15, 0.2) is 89.7 Å². The molecule has 30 heavy (non-hydrogen) atoms. The van der Waals surface area contributed by atoms with E-state index in [-0.39, 0.29) is 17.1 Å². The van der Waals surface area contributed by atoms with Crippen molar-refractivity contribution in [2.75, 3.05) is 0 Å². The standard InChI is InChI=1S/C26H18N2O2/c29-25-20-6-2-3-7-21(20)26(30)22(25)12-16-9-10-19(11-16)28-14-18-13-17-5-1-4-8-23(17)27-24(18)15-28/h1-10,12-13H,11,14-15H2. The molecule has 2 aromatic carbocycles. The summed E-state index contributed by atoms with van der Waals surface area (Å²) in [6.45, 7) is 1.62. The molecule has 4 nitrogen and oxygen atoms in total. The molecule has 1 aliphatic heterocycles. The van der Waals surface area contributed by atoms with Gasteiger partial charge in [-0.15, -0.1) is 0 Å². The van der Waals surface area contributed by atoms with Crippen LogP contribution in [0.3, 0.4) is 0 Å². The Morgan fingerprint density at radius 3 is 2.40 bits per heavy atom. The summed E-state index contributed by atoms with van der Waals surface area (Å²) in [6.07, 6.45) is 6.59. The minimum Gasteiger partial charge on any atom is -0.364 e. The fourth-order valence-electron chi connectivity index (χ4n) is 4.55. The van der Waals surface area contributed by atoms with Crippen LogP contribution >= 0.6 is 0 Å². The maximum Gasteiger partial charge on any atom is 0.197 e. The number of rotatable bonds is 2. The molecule has 6 rings (SSSR count). The molecule has 0 unspecified atom stereocenters. The van der Waals surface area contributed by atoms with Gasteiger partial charge in [-0.05, 0) is 35.4 Å². The van der Waals surface area contributed by atoms with Gasteiger partial charge in [-0.3, -0.25) is 14.6 Å². The summed E-state index contributed by atoms with van der Waals surface area (Å²) in [7, 11) is 0. The van der Waals surface area contributed by atoms with Gasteiger partial charge in [0.1, 0.15) is 0 Å². The third-order valence-corrected chi connectivity index (χ3v) is 6.11. The number of hydrogen-bond acceptors (Lipinski definition) is 4. The van der Waals surface area contributed by atoms with Gasteiger partial charge in [0.15, 0.2) is 11.6 Å². The fraction of sp³-hybridized carbons (Fsp3) is 0.115. The van der Waals surface area contributed by atoms with Crippen molar-refractivity contribution in [3.05, 3.63) is 112 Å². The number of Topliss-reactive ketones (excluding diaryl/α,β-unsaturated/α-hetero) is 2. The minimum absolute atomic E-state index is 0.172. The normalized spacial score (nSPS) is 17.3. The number of pyridine rings is 1. The van der Waals surface area contributed by atoms with E-state index in [0.717, 1.165) is 29.9 Å². The highest BCUT2D eigenvalue weighted by molar-refractivity contribution is 6.39. The average molecular weight is 390 g/mol. The Kier molecular flexibility index (Phi) is 3.62. The van der Waals surface area contributed by atoms with Crippen molar-refractivity contribution in [2.45, 2.75) is 19.5 Å². The summed E-state index contributed by atoms with van der Waals surface area (Å²) in [6, 6.07) is 17.5. The predicted octanol–water partition coefficient (Wildman–Crippen LogP) is 4.77. The van der Waals surface area contributed by atoms with Crippen LogP contribution in [0.5, 0.6) is 0 Å². The maximum absolute atomic E-state index is 12.6. The van der Waals surface area contributed by atoms with E-state index in [1.807, 2.05) is 24.3 Å². The number of para-hydroxylation sites is 1. The summed E-state index contributed by atoms with van der Waals surface area (Å²) >= 11 is 0. The number of carbonyl (C=O) groups is 2. The molecule has 4 heteroatoms. The third-order valence-electron chi connectivity index (χ3n) is 6.11. The summed E-state index contributed by atoms with van der Waals surface area (Å²) in [5.41, 5.74) is 6.89. The fourth-order valence-corrected chi connectivity index (χ4v) is 4.55. The lowest BCUT2D eigenvalue weighted by Crippen LogP contribution is -2.15. The number of carbonyl (C=O) groups excluding carboxylic acids is 2. The largest absolute Gasteiger partial charge is 0.364 e. The van der Waals surface area contributed by atoms with E-state index in [4.69, 9.17) is 4.98 Å². The van der Waals surface area contributed by atoms with Crippen molar-refractivity contribution in [3.8, 4) is 0 Å². The Bertz CT molecular complexity index is 1280. The molecule has 0 atom stereocenters. The second-order valence-corrected chi connectivity index (χ2v) is 7.98. The zero-order valence-electron chi connectivity index (χ0n) is 16.3. The van der Waals surface area contributed by atoms with E-state index >= 15 is 0 Å². The highest BCUT2D eigenvalue weighted by Gasteiger charge is 2.33. The highest BCUT2D eigenvalue weighted by atomic mass is 16.2. The first kappa shape index (κ1) is 17.1. The maximum atomic E-state index is 12.6. The topological polar surface area (TPSA) is 50.3 Å². The molecule has 1 aromatic heterocycles. The highest BCUT2D eigenvalue weighted by Crippen LogP contribution is 2.34. The number of allylic oxidation sites excluding steroid dienone is 5. The van der Waals surface area contributed by atoms with Gasteiger partial charge in [-0.2, -0.15) is 0 Å². The predicted molar refractivity (Wildman–Crippen MR) is 115 cm³/mol. The molecule has 0 bridgehead atoms. The van der Waals surface area contributed by atoms with Crippen LogP contribution in [-0.2, 0) is 13.1 Å². The Hall–Kier alpha value is -3.79. The van der Waals surface area contributed by atoms with E-state index in [0.29, 0.717) is 17.5 Å². The molecule has 0 N–H and O–H groups in total. The Morgan fingerprint density at radius 2 is 1.60 bits per heavy atom. The molecule has 0 amide bonds. The molecular formula is C26H18N2O2. The van der Waals surface area contributed by atoms with Gasteiger partial charge in [0.05, 0.1) is 23.3 Å². The van der Waals surface area contributed by atoms with Crippen LogP contribution < -0.4 is 0 Å². The van der Waals surface area contributed by atoms with Gasteiger partial charge in [0, 0.05) is 35.2 Å². The first-order chi connectivity index (χ1) is 14.7. The van der Waals surface area contributed by atoms with Crippen LogP contribution in [0.25, 0.3) is 10.9 Å². The van der Waals surface area contributed by atoms with Crippen molar-refractivity contribution < 1.29 is 9.59 Å². The van der Waals surface area contributed by atoms with Gasteiger partial charge >= 0.3 is 0 Å². The van der Waals surface area contributed by atoms with Crippen molar-refractivity contribution >= 4 is 22.5 Å². The van der Waals surface area contributed by atoms with E-state index in [1.165, 1.54) is 16.6 Å². The van der Waals surface area contributed by atoms with Crippen LogP contribution in [0, 0.1) is 0 Å². The quantitative estimate of drug-likeness (QED) is 0.467. The van der Waals surface area contributed by atoms with Crippen molar-refractivity contribution in [1.29, 1.82) is 0 Å². The molecule has 0 fully saturated rings. The van der Waals surface area contributed by atoms with Crippen LogP contribution in [0.1, 0.15) is 38.4 Å². The molecule has 3 aliphatic rings. The average Bonchev–Trinajstić information content (AvgIpc) is 3.46. The Labute approximate surface area is 173 Å². The first-order valence-corrected chi connectivity index (χ1v) is 10.1. The van der Waals surface area contributed by atoms with Crippen molar-refractivity contribution in [2.24, 2.45) is 0 Å². The lowest BCUT2D eigenvalue weighted by Gasteiger charge is -2.19. The molecule has 0 radical (unpaired) electrons. The number of fused-ring (bicyclic) bond motifs is 3. The van der Waals surface area contributed by atoms with Crippen LogP contribution in [-0.4, -0.2) is 21.5 Å². The number of hydrogen-bond donors (Lipinski definition) is 0. The van der Waals surface area contributed by atoms with Gasteiger partial charge in [-0.25, -0.2) is 0 Å². The molecule has 0 spiro atoms. The molecule has 0 saturated carbocycles. The minimum atomic E-state index is -0.172. The van der Waals surface area contributed by atoms with Crippen LogP contribution in [0.2, 0.25) is 0 Å². The van der Waals surface area contributed by atoms with Crippen molar-refractivity contribution in [1.82, 2.24) is 9.88 Å². The van der Waals surface area contributed by atoms with E-state index in [9.17, 15) is 9.59 Å². The molecular weight excluding hydrogens is 372 g/mol. The SMILES string of the molecule is O=C1C(=CC2=CC=C(N3Cc4cc5ccccc5nc4C3)C2)C(=O)c2ccccc21. The number of nitrogens with zero attached hydrogens (tertiary/aromatic N) is 2. The second kappa shape index (κ2) is 6.36. The second-order valence-electron chi connectivity index (χ2n) is 7.98. The van der Waals surface area contributed by atoms with E-state index < -0.39 is 0 Å². The van der Waals surface area contributed by atoms with E-state index in [1.54, 1.807) is 30.3 Å². The summed E-state index contributed by atoms with van der Waals surface area (Å²) in [5, 5.41) is 1.17. The molecule has 3 aromatic rings. The van der Waals surface area contributed by atoms with Gasteiger partial charge < -0.3 is 4.90 Å². The van der Waals surface area contributed by atoms with Crippen LogP contribution in [0.4, 0.5) is 0 Å². The number of ketones is 2. The number of aromatic nitrogens is 1. The zero-order valence-corrected chi connectivity index (χ0v) is 16.3. The first-order valence-electron chi connectivity index (χ1n) is 10.1. The van der Waals surface area contributed by atoms with Gasteiger partial charge in [0.25, 0.3) is 0 Å². The third kappa shape index (κ3) is 2.57. The summed E-state index contributed by atoms with van der Waals surface area (Å²) in [4.78, 5) is 32.4. The van der Waals surface area contributed by atoms with Gasteiger partial charge in [0.2, 0.25) is 0 Å². The summed E-state index contributed by atoms with van der Waals surface area (Å²) < 4.78 is 0. The zero-order chi connectivity index (χ0) is 20.2. The molecule has 144 valence electrons.